The Hall–Kier alpha value is -0.500. The van der Waals surface area contributed by atoms with Gasteiger partial charge in [-0.15, -0.1) is 0 Å². The van der Waals surface area contributed by atoms with Crippen molar-refractivity contribution in [3.8, 4) is 5.75 Å². The summed E-state index contributed by atoms with van der Waals surface area (Å²) in [5, 5.41) is 0. The number of benzene rings is 1. The molecule has 2 heteroatoms. The van der Waals surface area contributed by atoms with Crippen LogP contribution in [0.15, 0.2) is 22.7 Å². The van der Waals surface area contributed by atoms with Gasteiger partial charge in [0.25, 0.3) is 0 Å². The first kappa shape index (κ1) is 7.17. The minimum Gasteiger partial charge on any atom is -0.492 e. The van der Waals surface area contributed by atoms with Gasteiger partial charge in [-0.25, -0.2) is 0 Å². The highest BCUT2D eigenvalue weighted by molar-refractivity contribution is 9.10. The molecule has 0 aromatic heterocycles. The molecule has 0 spiro atoms. The Morgan fingerprint density at radius 1 is 1.45 bits per heavy atom. The Labute approximate surface area is 74.5 Å². The molecule has 56 valence electrons. The molecule has 1 aromatic carbocycles. The second-order valence-corrected chi connectivity index (χ2v) is 3.25. The maximum Gasteiger partial charge on any atom is 0.137 e. The van der Waals surface area contributed by atoms with Gasteiger partial charge in [0.05, 0.1) is 11.1 Å². The van der Waals surface area contributed by atoms with E-state index in [0.29, 0.717) is 0 Å². The molecule has 11 heavy (non-hydrogen) atoms. The van der Waals surface area contributed by atoms with Gasteiger partial charge in [-0.3, -0.25) is 0 Å². The van der Waals surface area contributed by atoms with Crippen LogP contribution in [-0.4, -0.2) is 6.61 Å². The summed E-state index contributed by atoms with van der Waals surface area (Å²) < 4.78 is 6.46. The van der Waals surface area contributed by atoms with Crippen LogP contribution in [0.5, 0.6) is 5.75 Å². The second kappa shape index (κ2) is 2.86. The quantitative estimate of drug-likeness (QED) is 0.640. The van der Waals surface area contributed by atoms with Crippen molar-refractivity contribution >= 4 is 15.9 Å². The van der Waals surface area contributed by atoms with Crippen LogP contribution in [0.25, 0.3) is 0 Å². The number of hydrogen-bond acceptors (Lipinski definition) is 1. The highest BCUT2D eigenvalue weighted by Crippen LogP contribution is 2.33. The molecule has 1 aliphatic rings. The van der Waals surface area contributed by atoms with Crippen LogP contribution in [0.1, 0.15) is 12.0 Å². The standard InChI is InChI=1S/C9H7BrO/c10-8-5-1-3-7-4-2-6-11-9(7)8/h1,3,5H,2,6H2. The maximum atomic E-state index is 5.44. The third-order valence-electron chi connectivity index (χ3n) is 1.63. The number of rotatable bonds is 0. The highest BCUT2D eigenvalue weighted by Gasteiger charge is 2.12. The van der Waals surface area contributed by atoms with E-state index in [1.165, 1.54) is 0 Å². The molecule has 0 fully saturated rings. The van der Waals surface area contributed by atoms with Gasteiger partial charge >= 0.3 is 0 Å². The summed E-state index contributed by atoms with van der Waals surface area (Å²) in [4.78, 5) is 0. The largest absolute Gasteiger partial charge is 0.492 e. The van der Waals surface area contributed by atoms with Gasteiger partial charge in [-0.05, 0) is 28.4 Å². The fraction of sp³-hybridized carbons (Fsp3) is 0.222. The molecule has 1 heterocycles. The molecule has 2 rings (SSSR count). The third-order valence-corrected chi connectivity index (χ3v) is 2.26. The van der Waals surface area contributed by atoms with Crippen molar-refractivity contribution in [2.24, 2.45) is 0 Å². The molecule has 1 aromatic rings. The number of fused-ring (bicyclic) bond motifs is 1. The van der Waals surface area contributed by atoms with E-state index in [1.807, 2.05) is 18.2 Å². The number of hydrogen-bond donors (Lipinski definition) is 0. The van der Waals surface area contributed by atoms with Crippen LogP contribution in [-0.2, 0) is 0 Å². The molecule has 0 amide bonds. The Morgan fingerprint density at radius 3 is 3.18 bits per heavy atom. The van der Waals surface area contributed by atoms with Gasteiger partial charge in [0.1, 0.15) is 5.75 Å². The molecule has 0 bridgehead atoms. The van der Waals surface area contributed by atoms with Gasteiger partial charge in [0.15, 0.2) is 0 Å². The minimum absolute atomic E-state index is 0.746. The Bertz CT molecular complexity index is 270. The average molecular weight is 211 g/mol. The first-order valence-electron chi connectivity index (χ1n) is 3.53. The second-order valence-electron chi connectivity index (χ2n) is 2.39. The van der Waals surface area contributed by atoms with Gasteiger partial charge in [0.2, 0.25) is 0 Å². The predicted molar refractivity (Wildman–Crippen MR) is 46.6 cm³/mol. The van der Waals surface area contributed by atoms with E-state index < -0.39 is 0 Å². The lowest BCUT2D eigenvalue weighted by atomic mass is 10.1. The lowest BCUT2D eigenvalue weighted by Gasteiger charge is -2.17. The van der Waals surface area contributed by atoms with E-state index >= 15 is 0 Å². The molecular formula is C9H7BrO. The highest BCUT2D eigenvalue weighted by atomic mass is 79.9. The summed E-state index contributed by atoms with van der Waals surface area (Å²) in [6.07, 6.45) is 4.14. The summed E-state index contributed by atoms with van der Waals surface area (Å²) in [7, 11) is 0. The van der Waals surface area contributed by atoms with Crippen LogP contribution in [0.2, 0.25) is 0 Å². The lowest BCUT2D eigenvalue weighted by Crippen LogP contribution is -2.06. The molecular weight excluding hydrogens is 204 g/mol. The summed E-state index contributed by atoms with van der Waals surface area (Å²) in [6, 6.07) is 5.98. The number of ether oxygens (including phenoxy) is 1. The minimum atomic E-state index is 0.746. The molecule has 1 aliphatic heterocycles. The first-order valence-corrected chi connectivity index (χ1v) is 4.32. The normalized spacial score (nSPS) is 15.4. The molecule has 0 saturated carbocycles. The summed E-state index contributed by atoms with van der Waals surface area (Å²) in [6.45, 7) is 0.746. The van der Waals surface area contributed by atoms with E-state index in [-0.39, 0.29) is 0 Å². The SMILES string of the molecule is Brc1cccc2c1OCC[C]2. The van der Waals surface area contributed by atoms with Crippen molar-refractivity contribution in [1.82, 2.24) is 0 Å². The monoisotopic (exact) mass is 210 g/mol. The molecule has 0 saturated heterocycles. The third kappa shape index (κ3) is 1.27. The van der Waals surface area contributed by atoms with E-state index in [0.717, 1.165) is 28.8 Å². The van der Waals surface area contributed by atoms with Gasteiger partial charge < -0.3 is 4.74 Å². The number of halogens is 1. The van der Waals surface area contributed by atoms with E-state index in [1.54, 1.807) is 0 Å². The van der Waals surface area contributed by atoms with Crippen molar-refractivity contribution in [2.45, 2.75) is 6.42 Å². The predicted octanol–water partition coefficient (Wildman–Crippen LogP) is 2.66. The van der Waals surface area contributed by atoms with Crippen LogP contribution < -0.4 is 4.74 Å². The van der Waals surface area contributed by atoms with Crippen LogP contribution >= 0.6 is 15.9 Å². The van der Waals surface area contributed by atoms with Crippen molar-refractivity contribution < 1.29 is 4.74 Å². The van der Waals surface area contributed by atoms with Crippen LogP contribution in [0.4, 0.5) is 0 Å². The zero-order valence-corrected chi connectivity index (χ0v) is 7.52. The summed E-state index contributed by atoms with van der Waals surface area (Å²) in [5.74, 6) is 0.929. The van der Waals surface area contributed by atoms with E-state index in [2.05, 4.69) is 22.4 Å². The van der Waals surface area contributed by atoms with Crippen molar-refractivity contribution in [2.75, 3.05) is 6.61 Å². The fourth-order valence-electron chi connectivity index (χ4n) is 1.13. The molecule has 0 N–H and O–H groups in total. The Kier molecular flexibility index (Phi) is 1.86. The molecule has 1 nitrogen and oxygen atoms in total. The van der Waals surface area contributed by atoms with Crippen molar-refractivity contribution in [3.63, 3.8) is 0 Å². The van der Waals surface area contributed by atoms with Crippen LogP contribution in [0, 0.1) is 6.42 Å². The van der Waals surface area contributed by atoms with E-state index in [4.69, 9.17) is 4.74 Å². The van der Waals surface area contributed by atoms with Crippen molar-refractivity contribution in [1.29, 1.82) is 0 Å². The van der Waals surface area contributed by atoms with Gasteiger partial charge in [-0.1, -0.05) is 12.1 Å². The maximum absolute atomic E-state index is 5.44. The average Bonchev–Trinajstić information content (AvgIpc) is 2.06. The molecule has 2 radical (unpaired) electrons. The van der Waals surface area contributed by atoms with E-state index in [9.17, 15) is 0 Å². The summed E-state index contributed by atoms with van der Waals surface area (Å²) in [5.41, 5.74) is 1.07. The van der Waals surface area contributed by atoms with Crippen molar-refractivity contribution in [3.05, 3.63) is 34.7 Å². The zero-order valence-electron chi connectivity index (χ0n) is 5.93. The lowest BCUT2D eigenvalue weighted by molar-refractivity contribution is 0.304. The molecule has 0 atom stereocenters. The zero-order chi connectivity index (χ0) is 7.68. The smallest absolute Gasteiger partial charge is 0.137 e. The Balaban J connectivity index is 2.49. The van der Waals surface area contributed by atoms with Crippen LogP contribution in [0.3, 0.4) is 0 Å². The summed E-state index contributed by atoms with van der Waals surface area (Å²) >= 11 is 3.42. The number of para-hydroxylation sites is 1. The molecule has 0 aliphatic carbocycles. The topological polar surface area (TPSA) is 9.23 Å². The first-order chi connectivity index (χ1) is 5.38. The fourth-order valence-corrected chi connectivity index (χ4v) is 1.61. The Morgan fingerprint density at radius 2 is 2.36 bits per heavy atom. The molecule has 0 unspecified atom stereocenters. The van der Waals surface area contributed by atoms with Gasteiger partial charge in [-0.2, -0.15) is 0 Å². The van der Waals surface area contributed by atoms with Gasteiger partial charge in [0, 0.05) is 12.0 Å².